The van der Waals surface area contributed by atoms with Crippen LogP contribution >= 0.6 is 11.6 Å². The number of benzene rings is 1. The largest absolute Gasteiger partial charge is 0.395 e. The second-order valence-corrected chi connectivity index (χ2v) is 6.14. The Bertz CT molecular complexity index is 428. The van der Waals surface area contributed by atoms with Gasteiger partial charge in [-0.05, 0) is 17.2 Å². The Kier molecular flexibility index (Phi) is 4.85. The van der Waals surface area contributed by atoms with Crippen LogP contribution in [0.25, 0.3) is 0 Å². The van der Waals surface area contributed by atoms with Crippen LogP contribution in [0.3, 0.4) is 0 Å². The van der Waals surface area contributed by atoms with Gasteiger partial charge in [-0.25, -0.2) is 0 Å². The van der Waals surface area contributed by atoms with Crippen LogP contribution in [-0.2, 0) is 16.7 Å². The molecular weight excluding hydrogens is 262 g/mol. The normalized spacial score (nSPS) is 17.7. The second-order valence-electron chi connectivity index (χ2n) is 5.74. The minimum atomic E-state index is -0.249. The molecule has 19 heavy (non-hydrogen) atoms. The Labute approximate surface area is 120 Å². The fraction of sp³-hybridized carbons (Fsp3) is 0.600. The van der Waals surface area contributed by atoms with Crippen LogP contribution in [0.5, 0.6) is 0 Å². The van der Waals surface area contributed by atoms with Gasteiger partial charge >= 0.3 is 0 Å². The molecule has 0 saturated carbocycles. The average Bonchev–Trinajstić information content (AvgIpc) is 2.42. The highest BCUT2D eigenvalue weighted by atomic mass is 35.5. The fourth-order valence-corrected chi connectivity index (χ4v) is 2.43. The van der Waals surface area contributed by atoms with E-state index in [0.29, 0.717) is 0 Å². The molecule has 0 unspecified atom stereocenters. The summed E-state index contributed by atoms with van der Waals surface area (Å²) in [6.45, 7) is 8.52. The summed E-state index contributed by atoms with van der Waals surface area (Å²) in [5, 5.41) is 10.2. The maximum atomic E-state index is 9.40. The standard InChI is InChI=1S/C15H22ClNO2/c1-15(2,11-18)13-4-3-12(14(16)9-13)10-17-5-7-19-8-6-17/h3-4,9,18H,5-8,10-11H2,1-2H3. The van der Waals surface area contributed by atoms with E-state index < -0.39 is 0 Å². The molecule has 0 aromatic heterocycles. The maximum absolute atomic E-state index is 9.40. The first-order valence-electron chi connectivity index (χ1n) is 6.73. The van der Waals surface area contributed by atoms with Gasteiger partial charge in [0.15, 0.2) is 0 Å². The molecular formula is C15H22ClNO2. The molecule has 106 valence electrons. The summed E-state index contributed by atoms with van der Waals surface area (Å²) in [5.74, 6) is 0. The van der Waals surface area contributed by atoms with Gasteiger partial charge in [0.1, 0.15) is 0 Å². The van der Waals surface area contributed by atoms with Gasteiger partial charge in [-0.1, -0.05) is 37.6 Å². The van der Waals surface area contributed by atoms with Crippen molar-refractivity contribution in [3.8, 4) is 0 Å². The molecule has 4 heteroatoms. The lowest BCUT2D eigenvalue weighted by Crippen LogP contribution is -2.35. The monoisotopic (exact) mass is 283 g/mol. The number of hydrogen-bond donors (Lipinski definition) is 1. The van der Waals surface area contributed by atoms with Gasteiger partial charge in [-0.15, -0.1) is 0 Å². The minimum Gasteiger partial charge on any atom is -0.395 e. The summed E-state index contributed by atoms with van der Waals surface area (Å²) >= 11 is 6.37. The summed E-state index contributed by atoms with van der Waals surface area (Å²) in [4.78, 5) is 2.35. The summed E-state index contributed by atoms with van der Waals surface area (Å²) in [7, 11) is 0. The number of nitrogens with zero attached hydrogens (tertiary/aromatic N) is 1. The second kappa shape index (κ2) is 6.23. The van der Waals surface area contributed by atoms with Crippen molar-refractivity contribution < 1.29 is 9.84 Å². The maximum Gasteiger partial charge on any atom is 0.0594 e. The van der Waals surface area contributed by atoms with Crippen molar-refractivity contribution in [1.82, 2.24) is 4.90 Å². The summed E-state index contributed by atoms with van der Waals surface area (Å²) in [6, 6.07) is 6.12. The van der Waals surface area contributed by atoms with E-state index in [1.165, 1.54) is 0 Å². The quantitative estimate of drug-likeness (QED) is 0.921. The van der Waals surface area contributed by atoms with Gasteiger partial charge in [0.25, 0.3) is 0 Å². The van der Waals surface area contributed by atoms with Crippen molar-refractivity contribution in [2.75, 3.05) is 32.9 Å². The lowest BCUT2D eigenvalue weighted by atomic mass is 9.85. The van der Waals surface area contributed by atoms with Crippen LogP contribution in [0.15, 0.2) is 18.2 Å². The topological polar surface area (TPSA) is 32.7 Å². The van der Waals surface area contributed by atoms with Crippen molar-refractivity contribution in [1.29, 1.82) is 0 Å². The molecule has 1 aromatic rings. The Morgan fingerprint density at radius 3 is 2.58 bits per heavy atom. The van der Waals surface area contributed by atoms with Gasteiger partial charge in [-0.3, -0.25) is 4.90 Å². The molecule has 1 fully saturated rings. The highest BCUT2D eigenvalue weighted by molar-refractivity contribution is 6.31. The zero-order valence-electron chi connectivity index (χ0n) is 11.7. The third-order valence-corrected chi connectivity index (χ3v) is 4.08. The Balaban J connectivity index is 2.10. The molecule has 1 saturated heterocycles. The molecule has 1 aromatic carbocycles. The van der Waals surface area contributed by atoms with Gasteiger partial charge in [0, 0.05) is 30.1 Å². The van der Waals surface area contributed by atoms with Crippen LogP contribution in [-0.4, -0.2) is 42.9 Å². The Morgan fingerprint density at radius 1 is 1.32 bits per heavy atom. The molecule has 0 radical (unpaired) electrons. The molecule has 0 spiro atoms. The summed E-state index contributed by atoms with van der Waals surface area (Å²) in [5.41, 5.74) is 1.97. The number of hydrogen-bond acceptors (Lipinski definition) is 3. The van der Waals surface area contributed by atoms with Crippen LogP contribution in [0, 0.1) is 0 Å². The van der Waals surface area contributed by atoms with Crippen molar-refractivity contribution in [3.05, 3.63) is 34.3 Å². The fourth-order valence-electron chi connectivity index (χ4n) is 2.19. The molecule has 0 atom stereocenters. The van der Waals surface area contributed by atoms with Gasteiger partial charge in [0.05, 0.1) is 19.8 Å². The minimum absolute atomic E-state index is 0.117. The lowest BCUT2D eigenvalue weighted by molar-refractivity contribution is 0.0342. The van der Waals surface area contributed by atoms with Crippen LogP contribution in [0.4, 0.5) is 0 Å². The Hall–Kier alpha value is -0.610. The number of halogens is 1. The molecule has 0 amide bonds. The first kappa shape index (κ1) is 14.8. The number of rotatable bonds is 4. The van der Waals surface area contributed by atoms with E-state index in [2.05, 4.69) is 17.0 Å². The van der Waals surface area contributed by atoms with Crippen LogP contribution in [0.2, 0.25) is 5.02 Å². The molecule has 1 heterocycles. The van der Waals surface area contributed by atoms with E-state index in [4.69, 9.17) is 16.3 Å². The van der Waals surface area contributed by atoms with Gasteiger partial charge in [-0.2, -0.15) is 0 Å². The third kappa shape index (κ3) is 3.69. The SMILES string of the molecule is CC(C)(CO)c1ccc(CN2CCOCC2)c(Cl)c1. The molecule has 0 aliphatic carbocycles. The molecule has 3 nitrogen and oxygen atoms in total. The van der Waals surface area contributed by atoms with E-state index >= 15 is 0 Å². The van der Waals surface area contributed by atoms with E-state index in [1.54, 1.807) is 0 Å². The first-order chi connectivity index (χ1) is 9.03. The first-order valence-corrected chi connectivity index (χ1v) is 7.10. The summed E-state index contributed by atoms with van der Waals surface area (Å²) < 4.78 is 5.34. The Morgan fingerprint density at radius 2 is 2.00 bits per heavy atom. The molecule has 2 rings (SSSR count). The highest BCUT2D eigenvalue weighted by Crippen LogP contribution is 2.28. The zero-order valence-corrected chi connectivity index (χ0v) is 12.4. The third-order valence-electron chi connectivity index (χ3n) is 3.73. The van der Waals surface area contributed by atoms with Crippen molar-refractivity contribution in [2.24, 2.45) is 0 Å². The summed E-state index contributed by atoms with van der Waals surface area (Å²) in [6.07, 6.45) is 0. The van der Waals surface area contributed by atoms with E-state index in [0.717, 1.165) is 49.0 Å². The predicted molar refractivity (Wildman–Crippen MR) is 77.7 cm³/mol. The smallest absolute Gasteiger partial charge is 0.0594 e. The number of ether oxygens (including phenoxy) is 1. The number of morpholine rings is 1. The molecule has 1 aliphatic heterocycles. The number of aliphatic hydroxyl groups is 1. The predicted octanol–water partition coefficient (Wildman–Crippen LogP) is 2.44. The molecule has 0 bridgehead atoms. The van der Waals surface area contributed by atoms with E-state index in [-0.39, 0.29) is 12.0 Å². The van der Waals surface area contributed by atoms with Gasteiger partial charge < -0.3 is 9.84 Å². The lowest BCUT2D eigenvalue weighted by Gasteiger charge is -2.28. The van der Waals surface area contributed by atoms with E-state index in [1.807, 2.05) is 19.9 Å². The van der Waals surface area contributed by atoms with Crippen LogP contribution in [0.1, 0.15) is 25.0 Å². The van der Waals surface area contributed by atoms with Crippen molar-refractivity contribution in [3.63, 3.8) is 0 Å². The number of aliphatic hydroxyl groups excluding tert-OH is 1. The molecule has 1 N–H and O–H groups in total. The molecule has 1 aliphatic rings. The highest BCUT2D eigenvalue weighted by Gasteiger charge is 2.20. The van der Waals surface area contributed by atoms with E-state index in [9.17, 15) is 5.11 Å². The van der Waals surface area contributed by atoms with Crippen molar-refractivity contribution >= 4 is 11.6 Å². The zero-order chi connectivity index (χ0) is 13.9. The van der Waals surface area contributed by atoms with Gasteiger partial charge in [0.2, 0.25) is 0 Å². The average molecular weight is 284 g/mol. The van der Waals surface area contributed by atoms with Crippen LogP contribution < -0.4 is 0 Å². The van der Waals surface area contributed by atoms with Crippen molar-refractivity contribution in [2.45, 2.75) is 25.8 Å².